The summed E-state index contributed by atoms with van der Waals surface area (Å²) < 4.78 is 10.7. The maximum Gasteiger partial charge on any atom is 0.227 e. The molecule has 0 saturated carbocycles. The summed E-state index contributed by atoms with van der Waals surface area (Å²) in [7, 11) is 1.65. The Hall–Kier alpha value is -1.41. The fraction of sp³-hybridized carbons (Fsp3) is 0.786. The molecule has 5 heteroatoms. The number of aromatic nitrogens is 2. The van der Waals surface area contributed by atoms with Crippen molar-refractivity contribution in [2.45, 2.75) is 53.1 Å². The first kappa shape index (κ1) is 15.6. The maximum atomic E-state index is 8.88. The molecule has 0 aliphatic heterocycles. The SMILES string of the molecule is CCC(C)(CC#N)Cc1nc(C(OC)C(C)C)no1. The second-order valence-electron chi connectivity index (χ2n) is 5.62. The van der Waals surface area contributed by atoms with Gasteiger partial charge in [0, 0.05) is 20.0 Å². The number of ether oxygens (including phenoxy) is 1. The molecule has 0 aliphatic rings. The van der Waals surface area contributed by atoms with Gasteiger partial charge < -0.3 is 9.26 Å². The van der Waals surface area contributed by atoms with E-state index >= 15 is 0 Å². The van der Waals surface area contributed by atoms with E-state index in [2.05, 4.69) is 43.9 Å². The molecular formula is C14H23N3O2. The van der Waals surface area contributed by atoms with Crippen molar-refractivity contribution in [1.82, 2.24) is 10.1 Å². The number of hydrogen-bond donors (Lipinski definition) is 0. The van der Waals surface area contributed by atoms with Crippen molar-refractivity contribution in [2.24, 2.45) is 11.3 Å². The standard InChI is InChI=1S/C14H23N3O2/c1-6-14(4,7-8-15)9-11-16-13(17-19-11)12(18-5)10(2)3/h10,12H,6-7,9H2,1-5H3. The predicted molar refractivity (Wildman–Crippen MR) is 71.2 cm³/mol. The van der Waals surface area contributed by atoms with E-state index in [9.17, 15) is 0 Å². The smallest absolute Gasteiger partial charge is 0.227 e. The summed E-state index contributed by atoms with van der Waals surface area (Å²) >= 11 is 0. The fourth-order valence-corrected chi connectivity index (χ4v) is 2.00. The van der Waals surface area contributed by atoms with Crippen LogP contribution in [0, 0.1) is 22.7 Å². The van der Waals surface area contributed by atoms with Crippen LogP contribution in [-0.4, -0.2) is 17.3 Å². The molecule has 0 amide bonds. The molecule has 19 heavy (non-hydrogen) atoms. The Labute approximate surface area is 115 Å². The molecule has 2 atom stereocenters. The first-order chi connectivity index (χ1) is 8.95. The topological polar surface area (TPSA) is 71.9 Å². The van der Waals surface area contributed by atoms with Gasteiger partial charge in [0.05, 0.1) is 6.07 Å². The number of nitriles is 1. The van der Waals surface area contributed by atoms with Crippen molar-refractivity contribution in [2.75, 3.05) is 7.11 Å². The summed E-state index contributed by atoms with van der Waals surface area (Å²) in [4.78, 5) is 4.41. The van der Waals surface area contributed by atoms with Crippen LogP contribution in [0.3, 0.4) is 0 Å². The van der Waals surface area contributed by atoms with Gasteiger partial charge in [0.25, 0.3) is 0 Å². The largest absolute Gasteiger partial charge is 0.373 e. The Morgan fingerprint density at radius 2 is 2.16 bits per heavy atom. The molecule has 1 rings (SSSR count). The second kappa shape index (κ2) is 6.67. The van der Waals surface area contributed by atoms with E-state index in [-0.39, 0.29) is 17.4 Å². The van der Waals surface area contributed by atoms with Crippen LogP contribution in [0.5, 0.6) is 0 Å². The van der Waals surface area contributed by atoms with Gasteiger partial charge in [-0.05, 0) is 17.8 Å². The summed E-state index contributed by atoms with van der Waals surface area (Å²) in [5.74, 6) is 1.45. The molecule has 0 aliphatic carbocycles. The number of hydrogen-bond acceptors (Lipinski definition) is 5. The minimum atomic E-state index is -0.152. The van der Waals surface area contributed by atoms with Gasteiger partial charge in [-0.15, -0.1) is 0 Å². The van der Waals surface area contributed by atoms with Crippen molar-refractivity contribution in [3.8, 4) is 6.07 Å². The van der Waals surface area contributed by atoms with Crippen LogP contribution in [0.15, 0.2) is 4.52 Å². The molecule has 5 nitrogen and oxygen atoms in total. The highest BCUT2D eigenvalue weighted by Gasteiger charge is 2.27. The zero-order valence-corrected chi connectivity index (χ0v) is 12.4. The van der Waals surface area contributed by atoms with E-state index in [4.69, 9.17) is 14.5 Å². The van der Waals surface area contributed by atoms with Gasteiger partial charge in [0.2, 0.25) is 11.7 Å². The van der Waals surface area contributed by atoms with Crippen LogP contribution < -0.4 is 0 Å². The summed E-state index contributed by atoms with van der Waals surface area (Å²) in [6.07, 6.45) is 1.86. The lowest BCUT2D eigenvalue weighted by molar-refractivity contribution is 0.0555. The van der Waals surface area contributed by atoms with Crippen LogP contribution in [0.4, 0.5) is 0 Å². The Morgan fingerprint density at radius 3 is 2.63 bits per heavy atom. The highest BCUT2D eigenvalue weighted by atomic mass is 16.5. The lowest BCUT2D eigenvalue weighted by atomic mass is 9.81. The highest BCUT2D eigenvalue weighted by molar-refractivity contribution is 4.97. The average molecular weight is 265 g/mol. The second-order valence-corrected chi connectivity index (χ2v) is 5.62. The maximum absolute atomic E-state index is 8.88. The van der Waals surface area contributed by atoms with Gasteiger partial charge in [-0.3, -0.25) is 0 Å². The van der Waals surface area contributed by atoms with Crippen molar-refractivity contribution in [3.05, 3.63) is 11.7 Å². The molecule has 0 bridgehead atoms. The predicted octanol–water partition coefficient (Wildman–Crippen LogP) is 3.29. The summed E-state index contributed by atoms with van der Waals surface area (Å²) in [6, 6.07) is 2.22. The van der Waals surface area contributed by atoms with E-state index < -0.39 is 0 Å². The molecule has 0 radical (unpaired) electrons. The highest BCUT2D eigenvalue weighted by Crippen LogP contribution is 2.30. The molecule has 1 aromatic heterocycles. The normalized spacial score (nSPS) is 16.1. The van der Waals surface area contributed by atoms with E-state index in [1.807, 2.05) is 0 Å². The third kappa shape index (κ3) is 4.03. The van der Waals surface area contributed by atoms with Gasteiger partial charge in [0.1, 0.15) is 6.10 Å². The zero-order valence-electron chi connectivity index (χ0n) is 12.4. The molecule has 2 unspecified atom stereocenters. The molecule has 0 fully saturated rings. The quantitative estimate of drug-likeness (QED) is 0.756. The minimum Gasteiger partial charge on any atom is -0.373 e. The van der Waals surface area contributed by atoms with Crippen molar-refractivity contribution in [1.29, 1.82) is 5.26 Å². The molecule has 0 spiro atoms. The van der Waals surface area contributed by atoms with Crippen molar-refractivity contribution in [3.63, 3.8) is 0 Å². The molecule has 1 heterocycles. The molecule has 1 aromatic rings. The van der Waals surface area contributed by atoms with Gasteiger partial charge >= 0.3 is 0 Å². The first-order valence-electron chi connectivity index (χ1n) is 6.68. The van der Waals surface area contributed by atoms with E-state index in [0.29, 0.717) is 24.6 Å². The molecule has 106 valence electrons. The lowest BCUT2D eigenvalue weighted by Crippen LogP contribution is -2.18. The number of nitrogens with zero attached hydrogens (tertiary/aromatic N) is 3. The molecular weight excluding hydrogens is 242 g/mol. The monoisotopic (exact) mass is 265 g/mol. The van der Waals surface area contributed by atoms with Gasteiger partial charge in [-0.25, -0.2) is 0 Å². The fourth-order valence-electron chi connectivity index (χ4n) is 2.00. The van der Waals surface area contributed by atoms with E-state index in [0.717, 1.165) is 6.42 Å². The Kier molecular flexibility index (Phi) is 5.49. The summed E-state index contributed by atoms with van der Waals surface area (Å²) in [6.45, 7) is 8.24. The van der Waals surface area contributed by atoms with Crippen LogP contribution in [0.1, 0.15) is 58.4 Å². The van der Waals surface area contributed by atoms with Crippen LogP contribution in [0.2, 0.25) is 0 Å². The van der Waals surface area contributed by atoms with Gasteiger partial charge in [-0.2, -0.15) is 10.2 Å². The minimum absolute atomic E-state index is 0.112. The molecule has 0 saturated heterocycles. The lowest BCUT2D eigenvalue weighted by Gasteiger charge is -2.22. The molecule has 0 N–H and O–H groups in total. The Balaban J connectivity index is 2.83. The Bertz CT molecular complexity index is 436. The zero-order chi connectivity index (χ0) is 14.5. The van der Waals surface area contributed by atoms with E-state index in [1.165, 1.54) is 0 Å². The number of methoxy groups -OCH3 is 1. The summed E-state index contributed by atoms with van der Waals surface area (Å²) in [5, 5.41) is 12.9. The Morgan fingerprint density at radius 1 is 1.47 bits per heavy atom. The molecule has 0 aromatic carbocycles. The first-order valence-corrected chi connectivity index (χ1v) is 6.68. The van der Waals surface area contributed by atoms with Crippen LogP contribution >= 0.6 is 0 Å². The third-order valence-corrected chi connectivity index (χ3v) is 3.54. The van der Waals surface area contributed by atoms with Gasteiger partial charge in [-0.1, -0.05) is 32.9 Å². The number of rotatable bonds is 7. The van der Waals surface area contributed by atoms with Crippen LogP contribution in [0.25, 0.3) is 0 Å². The van der Waals surface area contributed by atoms with Crippen LogP contribution in [-0.2, 0) is 11.2 Å². The van der Waals surface area contributed by atoms with Crippen molar-refractivity contribution < 1.29 is 9.26 Å². The summed E-state index contributed by atoms with van der Waals surface area (Å²) in [5.41, 5.74) is -0.112. The average Bonchev–Trinajstić information content (AvgIpc) is 2.78. The van der Waals surface area contributed by atoms with E-state index in [1.54, 1.807) is 7.11 Å². The third-order valence-electron chi connectivity index (χ3n) is 3.54. The van der Waals surface area contributed by atoms with Crippen molar-refractivity contribution >= 4 is 0 Å². The van der Waals surface area contributed by atoms with Gasteiger partial charge in [0.15, 0.2) is 0 Å².